The standard InChI is InChI=1S/C19H32N4O2/c1-12-5-7-14(8-6-12)22-19(25)15-9-16(20)17(21-3)10-18(15)23(4)11-13(2)24/h9-10,12-14,21,24H,5-8,11,20H2,1-4H3,(H,22,25). The van der Waals surface area contributed by atoms with Gasteiger partial charge in [-0.3, -0.25) is 4.79 Å². The molecule has 1 aliphatic carbocycles. The van der Waals surface area contributed by atoms with E-state index in [-0.39, 0.29) is 11.9 Å². The number of carbonyl (C=O) groups is 1. The molecule has 25 heavy (non-hydrogen) atoms. The Kier molecular flexibility index (Phi) is 6.53. The summed E-state index contributed by atoms with van der Waals surface area (Å²) >= 11 is 0. The predicted molar refractivity (Wildman–Crippen MR) is 104 cm³/mol. The Hall–Kier alpha value is -1.95. The molecule has 2 rings (SSSR count). The fourth-order valence-electron chi connectivity index (χ4n) is 3.48. The first-order valence-electron chi connectivity index (χ1n) is 9.13. The van der Waals surface area contributed by atoms with E-state index in [1.165, 1.54) is 0 Å². The van der Waals surface area contributed by atoms with Crippen LogP contribution in [0.1, 0.15) is 49.9 Å². The third-order valence-corrected chi connectivity index (χ3v) is 4.98. The second-order valence-electron chi connectivity index (χ2n) is 7.37. The van der Waals surface area contributed by atoms with Crippen LogP contribution in [0.5, 0.6) is 0 Å². The van der Waals surface area contributed by atoms with Gasteiger partial charge in [-0.2, -0.15) is 0 Å². The lowest BCUT2D eigenvalue weighted by molar-refractivity contribution is 0.0923. The molecule has 6 nitrogen and oxygen atoms in total. The minimum absolute atomic E-state index is 0.0960. The number of nitrogens with two attached hydrogens (primary N) is 1. The van der Waals surface area contributed by atoms with Crippen molar-refractivity contribution in [3.63, 3.8) is 0 Å². The van der Waals surface area contributed by atoms with Gasteiger partial charge in [-0.1, -0.05) is 6.92 Å². The topological polar surface area (TPSA) is 90.6 Å². The lowest BCUT2D eigenvalue weighted by Gasteiger charge is -2.29. The molecule has 0 bridgehead atoms. The summed E-state index contributed by atoms with van der Waals surface area (Å²) in [6, 6.07) is 3.82. The van der Waals surface area contributed by atoms with Crippen LogP contribution in [0.3, 0.4) is 0 Å². The second kappa shape index (κ2) is 8.43. The van der Waals surface area contributed by atoms with E-state index in [0.29, 0.717) is 17.8 Å². The molecule has 6 heteroatoms. The quantitative estimate of drug-likeness (QED) is 0.593. The summed E-state index contributed by atoms with van der Waals surface area (Å²) in [6.07, 6.45) is 3.86. The van der Waals surface area contributed by atoms with Crippen LogP contribution in [-0.4, -0.2) is 43.8 Å². The van der Waals surface area contributed by atoms with E-state index in [1.807, 2.05) is 18.0 Å². The lowest BCUT2D eigenvalue weighted by Crippen LogP contribution is -2.38. The number of nitrogens with zero attached hydrogens (tertiary/aromatic N) is 1. The zero-order valence-corrected chi connectivity index (χ0v) is 15.8. The number of nitrogens with one attached hydrogen (secondary N) is 2. The van der Waals surface area contributed by atoms with Crippen molar-refractivity contribution in [2.24, 2.45) is 5.92 Å². The molecular formula is C19H32N4O2. The van der Waals surface area contributed by atoms with E-state index in [9.17, 15) is 9.90 Å². The molecular weight excluding hydrogens is 316 g/mol. The first-order valence-corrected chi connectivity index (χ1v) is 9.13. The van der Waals surface area contributed by atoms with Gasteiger partial charge in [0.2, 0.25) is 0 Å². The fourth-order valence-corrected chi connectivity index (χ4v) is 3.48. The summed E-state index contributed by atoms with van der Waals surface area (Å²) in [6.45, 7) is 4.43. The number of hydrogen-bond acceptors (Lipinski definition) is 5. The third-order valence-electron chi connectivity index (χ3n) is 4.98. The SMILES string of the molecule is CNc1cc(N(C)CC(C)O)c(C(=O)NC2CCC(C)CC2)cc1N. The molecule has 0 aromatic heterocycles. The van der Waals surface area contributed by atoms with Gasteiger partial charge in [-0.25, -0.2) is 0 Å². The predicted octanol–water partition coefficient (Wildman–Crippen LogP) is 2.44. The van der Waals surface area contributed by atoms with Crippen LogP contribution in [0.2, 0.25) is 0 Å². The van der Waals surface area contributed by atoms with Crippen molar-refractivity contribution in [2.45, 2.75) is 51.7 Å². The van der Waals surface area contributed by atoms with Crippen molar-refractivity contribution in [1.29, 1.82) is 0 Å². The van der Waals surface area contributed by atoms with Crippen molar-refractivity contribution in [3.05, 3.63) is 17.7 Å². The molecule has 1 fully saturated rings. The number of hydrogen-bond donors (Lipinski definition) is 4. The Morgan fingerprint density at radius 3 is 2.56 bits per heavy atom. The zero-order chi connectivity index (χ0) is 18.6. The van der Waals surface area contributed by atoms with Crippen LogP contribution in [0.4, 0.5) is 17.1 Å². The molecule has 1 aliphatic rings. The van der Waals surface area contributed by atoms with Crippen LogP contribution < -0.4 is 21.3 Å². The minimum atomic E-state index is -0.490. The van der Waals surface area contributed by atoms with Gasteiger partial charge in [0.25, 0.3) is 5.91 Å². The number of likely N-dealkylation sites (N-methyl/N-ethyl adjacent to an activating group) is 1. The van der Waals surface area contributed by atoms with Crippen molar-refractivity contribution >= 4 is 23.0 Å². The molecule has 1 atom stereocenters. The van der Waals surface area contributed by atoms with E-state index < -0.39 is 6.10 Å². The number of aliphatic hydroxyl groups is 1. The number of benzene rings is 1. The highest BCUT2D eigenvalue weighted by Crippen LogP contribution is 2.30. The maximum Gasteiger partial charge on any atom is 0.253 e. The van der Waals surface area contributed by atoms with Gasteiger partial charge in [-0.05, 0) is 50.7 Å². The van der Waals surface area contributed by atoms with E-state index in [4.69, 9.17) is 5.73 Å². The van der Waals surface area contributed by atoms with E-state index in [0.717, 1.165) is 43.0 Å². The maximum atomic E-state index is 12.9. The largest absolute Gasteiger partial charge is 0.397 e. The van der Waals surface area contributed by atoms with Gasteiger partial charge in [0.15, 0.2) is 0 Å². The molecule has 0 saturated heterocycles. The molecule has 1 aromatic rings. The van der Waals surface area contributed by atoms with Gasteiger partial charge in [0, 0.05) is 26.7 Å². The number of anilines is 3. The third kappa shape index (κ3) is 5.01. The van der Waals surface area contributed by atoms with Gasteiger partial charge in [0.05, 0.1) is 28.7 Å². The Morgan fingerprint density at radius 2 is 2.00 bits per heavy atom. The van der Waals surface area contributed by atoms with E-state index in [1.54, 1.807) is 20.0 Å². The number of nitrogen functional groups attached to an aromatic ring is 1. The summed E-state index contributed by atoms with van der Waals surface area (Å²) in [7, 11) is 3.67. The highest BCUT2D eigenvalue weighted by atomic mass is 16.3. The van der Waals surface area contributed by atoms with Crippen molar-refractivity contribution in [2.75, 3.05) is 36.6 Å². The van der Waals surface area contributed by atoms with Crippen molar-refractivity contribution in [1.82, 2.24) is 5.32 Å². The van der Waals surface area contributed by atoms with Gasteiger partial charge in [0.1, 0.15) is 0 Å². The molecule has 0 spiro atoms. The molecule has 1 saturated carbocycles. The number of rotatable bonds is 6. The average Bonchev–Trinajstić information content (AvgIpc) is 2.55. The number of amides is 1. The number of aliphatic hydroxyl groups excluding tert-OH is 1. The summed E-state index contributed by atoms with van der Waals surface area (Å²) in [5.74, 6) is 0.646. The molecule has 1 amide bonds. The molecule has 0 heterocycles. The molecule has 140 valence electrons. The van der Waals surface area contributed by atoms with Crippen LogP contribution in [-0.2, 0) is 0 Å². The van der Waals surface area contributed by atoms with Gasteiger partial charge >= 0.3 is 0 Å². The number of carbonyl (C=O) groups excluding carboxylic acids is 1. The molecule has 0 radical (unpaired) electrons. The van der Waals surface area contributed by atoms with Crippen molar-refractivity contribution in [3.8, 4) is 0 Å². The fraction of sp³-hybridized carbons (Fsp3) is 0.632. The van der Waals surface area contributed by atoms with E-state index in [2.05, 4.69) is 17.6 Å². The molecule has 0 aliphatic heterocycles. The second-order valence-corrected chi connectivity index (χ2v) is 7.37. The first-order chi connectivity index (χ1) is 11.8. The van der Waals surface area contributed by atoms with Gasteiger partial charge < -0.3 is 26.4 Å². The zero-order valence-electron chi connectivity index (χ0n) is 15.8. The van der Waals surface area contributed by atoms with Crippen LogP contribution in [0.25, 0.3) is 0 Å². The smallest absolute Gasteiger partial charge is 0.253 e. The summed E-state index contributed by atoms with van der Waals surface area (Å²) in [5.41, 5.74) is 8.71. The van der Waals surface area contributed by atoms with Crippen molar-refractivity contribution < 1.29 is 9.90 Å². The maximum absolute atomic E-state index is 12.9. The lowest BCUT2D eigenvalue weighted by atomic mass is 9.87. The van der Waals surface area contributed by atoms with Crippen LogP contribution >= 0.6 is 0 Å². The monoisotopic (exact) mass is 348 g/mol. The van der Waals surface area contributed by atoms with Crippen LogP contribution in [0, 0.1) is 5.92 Å². The highest BCUT2D eigenvalue weighted by molar-refractivity contribution is 6.02. The molecule has 1 aromatic carbocycles. The summed E-state index contributed by atoms with van der Waals surface area (Å²) < 4.78 is 0. The first kappa shape index (κ1) is 19.4. The minimum Gasteiger partial charge on any atom is -0.397 e. The average molecular weight is 348 g/mol. The normalized spacial score (nSPS) is 21.5. The summed E-state index contributed by atoms with van der Waals surface area (Å²) in [4.78, 5) is 14.8. The molecule has 5 N–H and O–H groups in total. The highest BCUT2D eigenvalue weighted by Gasteiger charge is 2.23. The Morgan fingerprint density at radius 1 is 1.36 bits per heavy atom. The van der Waals surface area contributed by atoms with Gasteiger partial charge in [-0.15, -0.1) is 0 Å². The van der Waals surface area contributed by atoms with E-state index >= 15 is 0 Å². The van der Waals surface area contributed by atoms with Crippen LogP contribution in [0.15, 0.2) is 12.1 Å². The Bertz CT molecular complexity index is 595. The Labute approximate surface area is 150 Å². The summed E-state index contributed by atoms with van der Waals surface area (Å²) in [5, 5.41) is 15.9. The Balaban J connectivity index is 2.24. The molecule has 1 unspecified atom stereocenters.